The van der Waals surface area contributed by atoms with Crippen LogP contribution >= 0.6 is 0 Å². The van der Waals surface area contributed by atoms with Crippen LogP contribution in [0.15, 0.2) is 47.4 Å². The number of aryl methyl sites for hydroxylation is 1. The molecule has 0 aliphatic heterocycles. The van der Waals surface area contributed by atoms with Gasteiger partial charge in [-0.1, -0.05) is 37.3 Å². The molecule has 2 aromatic rings. The molecule has 0 bridgehead atoms. The van der Waals surface area contributed by atoms with Gasteiger partial charge in [0, 0.05) is 5.56 Å². The number of nitrogens with one attached hydrogen (secondary N) is 1. The van der Waals surface area contributed by atoms with Gasteiger partial charge in [0.15, 0.2) is 0 Å². The molecule has 0 aliphatic carbocycles. The lowest BCUT2D eigenvalue weighted by Crippen LogP contribution is -2.34. The van der Waals surface area contributed by atoms with Crippen molar-refractivity contribution in [3.63, 3.8) is 0 Å². The van der Waals surface area contributed by atoms with Crippen LogP contribution in [0, 0.1) is 6.92 Å². The van der Waals surface area contributed by atoms with E-state index >= 15 is 0 Å². The summed E-state index contributed by atoms with van der Waals surface area (Å²) in [5.74, 6) is 0.514. The van der Waals surface area contributed by atoms with Gasteiger partial charge >= 0.3 is 0 Å². The molecular weight excluding hydrogens is 354 g/mol. The Bertz CT molecular complexity index is 884. The van der Waals surface area contributed by atoms with Gasteiger partial charge in [0.05, 0.1) is 17.7 Å². The van der Waals surface area contributed by atoms with Gasteiger partial charge < -0.3 is 9.53 Å². The number of methoxy groups -OCH3 is 1. The number of carbonyl (C=O) groups is 1. The maximum atomic E-state index is 12.8. The molecule has 0 spiro atoms. The third kappa shape index (κ3) is 4.49. The first-order chi connectivity index (χ1) is 11.5. The fraction of sp³-hybridized carbons (Fsp3) is 0.278. The minimum absolute atomic E-state index is 0.0343. The van der Waals surface area contributed by atoms with Crippen LogP contribution in [0.1, 0.15) is 15.9 Å². The summed E-state index contributed by atoms with van der Waals surface area (Å²) in [6.45, 7) is 7.66. The van der Waals surface area contributed by atoms with Crippen LogP contribution in [0.2, 0.25) is 19.6 Å². The highest BCUT2D eigenvalue weighted by atomic mass is 32.2. The van der Waals surface area contributed by atoms with Gasteiger partial charge in [-0.3, -0.25) is 4.72 Å². The van der Waals surface area contributed by atoms with Crippen LogP contribution in [0.3, 0.4) is 0 Å². The summed E-state index contributed by atoms with van der Waals surface area (Å²) in [7, 11) is -4.43. The second-order valence-electron chi connectivity index (χ2n) is 6.91. The number of ether oxygens (including phenoxy) is 1. The average molecular weight is 378 g/mol. The fourth-order valence-corrected chi connectivity index (χ4v) is 4.35. The highest BCUT2D eigenvalue weighted by Crippen LogP contribution is 2.27. The quantitative estimate of drug-likeness (QED) is 0.776. The van der Waals surface area contributed by atoms with E-state index in [2.05, 4.69) is 4.72 Å². The number of sulfonamides is 1. The van der Waals surface area contributed by atoms with E-state index in [0.717, 1.165) is 5.56 Å². The zero-order chi connectivity index (χ0) is 18.8. The molecule has 0 radical (unpaired) electrons. The Morgan fingerprint density at radius 2 is 1.64 bits per heavy atom. The second-order valence-corrected chi connectivity index (χ2v) is 13.5. The third-order valence-corrected chi connectivity index (χ3v) is 6.74. The van der Waals surface area contributed by atoms with E-state index in [-0.39, 0.29) is 16.0 Å². The Labute approximate surface area is 150 Å². The molecule has 0 saturated heterocycles. The first-order valence-electron chi connectivity index (χ1n) is 7.87. The van der Waals surface area contributed by atoms with Gasteiger partial charge in [0.25, 0.3) is 10.0 Å². The van der Waals surface area contributed by atoms with E-state index in [0.29, 0.717) is 11.3 Å². The monoisotopic (exact) mass is 377 g/mol. The Morgan fingerprint density at radius 3 is 2.16 bits per heavy atom. The molecule has 0 aromatic heterocycles. The Balaban J connectivity index is 2.48. The van der Waals surface area contributed by atoms with Crippen molar-refractivity contribution in [1.29, 1.82) is 0 Å². The van der Waals surface area contributed by atoms with E-state index in [4.69, 9.17) is 4.74 Å². The maximum Gasteiger partial charge on any atom is 0.261 e. The first kappa shape index (κ1) is 19.2. The van der Waals surface area contributed by atoms with Gasteiger partial charge in [-0.2, -0.15) is 0 Å². The highest BCUT2D eigenvalue weighted by molar-refractivity contribution is 7.92. The van der Waals surface area contributed by atoms with Crippen molar-refractivity contribution >= 4 is 29.2 Å². The van der Waals surface area contributed by atoms with Gasteiger partial charge in [-0.05, 0) is 37.3 Å². The van der Waals surface area contributed by atoms with Crippen LogP contribution in [0.4, 0.5) is 5.69 Å². The molecule has 5 nitrogen and oxygen atoms in total. The van der Waals surface area contributed by atoms with E-state index in [1.54, 1.807) is 42.5 Å². The zero-order valence-corrected chi connectivity index (χ0v) is 16.9. The smallest absolute Gasteiger partial charge is 0.261 e. The molecule has 2 rings (SSSR count). The molecular formula is C18H23NO4SSi. The third-order valence-electron chi connectivity index (χ3n) is 3.73. The van der Waals surface area contributed by atoms with E-state index in [1.165, 1.54) is 7.11 Å². The van der Waals surface area contributed by atoms with Crippen molar-refractivity contribution < 1.29 is 17.9 Å². The molecule has 25 heavy (non-hydrogen) atoms. The molecule has 0 amide bonds. The molecule has 0 aliphatic rings. The molecule has 0 atom stereocenters. The lowest BCUT2D eigenvalue weighted by atomic mass is 10.2. The highest BCUT2D eigenvalue weighted by Gasteiger charge is 2.29. The molecule has 0 saturated carbocycles. The Hall–Kier alpha value is -2.12. The number of benzene rings is 2. The summed E-state index contributed by atoms with van der Waals surface area (Å²) in [6, 6.07) is 11.3. The molecule has 7 heteroatoms. The number of hydrogen-bond donors (Lipinski definition) is 1. The van der Waals surface area contributed by atoms with Crippen LogP contribution < -0.4 is 9.46 Å². The largest absolute Gasteiger partial charge is 0.497 e. The van der Waals surface area contributed by atoms with E-state index in [1.807, 2.05) is 26.6 Å². The second kappa shape index (κ2) is 7.01. The van der Waals surface area contributed by atoms with Gasteiger partial charge in [0.1, 0.15) is 19.2 Å². The summed E-state index contributed by atoms with van der Waals surface area (Å²) in [5, 5.41) is -0.0343. The number of anilines is 1. The molecule has 1 N–H and O–H groups in total. The van der Waals surface area contributed by atoms with Crippen LogP contribution in [-0.2, 0) is 10.0 Å². The van der Waals surface area contributed by atoms with Crippen molar-refractivity contribution in [3.8, 4) is 5.75 Å². The number of hydrogen-bond acceptors (Lipinski definition) is 4. The lowest BCUT2D eigenvalue weighted by molar-refractivity contribution is 0.106. The minimum atomic E-state index is -3.78. The maximum absolute atomic E-state index is 12.8. The first-order valence-corrected chi connectivity index (χ1v) is 12.9. The van der Waals surface area contributed by atoms with Crippen LogP contribution in [0.5, 0.6) is 5.75 Å². The summed E-state index contributed by atoms with van der Waals surface area (Å²) < 4.78 is 33.0. The van der Waals surface area contributed by atoms with Gasteiger partial charge in [-0.25, -0.2) is 8.42 Å². The van der Waals surface area contributed by atoms with Gasteiger partial charge in [-0.15, -0.1) is 0 Å². The fourth-order valence-electron chi connectivity index (χ4n) is 2.25. The standard InChI is InChI=1S/C18H23NO4SSi/c1-13-6-9-15(10-7-13)24(21,22)19-17-11-8-14(23-2)12-16(17)18(20)25(3,4)5/h6-12,19H,1-5H3. The predicted octanol–water partition coefficient (Wildman–Crippen LogP) is 3.86. The summed E-state index contributed by atoms with van der Waals surface area (Å²) in [5.41, 5.74) is 1.58. The van der Waals surface area contributed by atoms with Crippen molar-refractivity contribution in [1.82, 2.24) is 0 Å². The van der Waals surface area contributed by atoms with E-state index < -0.39 is 18.1 Å². The summed E-state index contributed by atoms with van der Waals surface area (Å²) in [4.78, 5) is 12.9. The van der Waals surface area contributed by atoms with Crippen LogP contribution in [0.25, 0.3) is 0 Å². The topological polar surface area (TPSA) is 72.5 Å². The number of carbonyl (C=O) groups excluding carboxylic acids is 1. The van der Waals surface area contributed by atoms with Gasteiger partial charge in [0.2, 0.25) is 0 Å². The summed E-state index contributed by atoms with van der Waals surface area (Å²) in [6.07, 6.45) is 0. The van der Waals surface area contributed by atoms with Crippen molar-refractivity contribution in [2.75, 3.05) is 11.8 Å². The molecule has 0 fully saturated rings. The zero-order valence-electron chi connectivity index (χ0n) is 15.1. The molecule has 0 unspecified atom stereocenters. The van der Waals surface area contributed by atoms with Crippen molar-refractivity contribution in [2.24, 2.45) is 0 Å². The SMILES string of the molecule is COc1ccc(NS(=O)(=O)c2ccc(C)cc2)c(C(=O)[Si](C)(C)C)c1. The van der Waals surface area contributed by atoms with Crippen molar-refractivity contribution in [3.05, 3.63) is 53.6 Å². The Morgan fingerprint density at radius 1 is 1.04 bits per heavy atom. The minimum Gasteiger partial charge on any atom is -0.497 e. The lowest BCUT2D eigenvalue weighted by Gasteiger charge is -2.19. The summed E-state index contributed by atoms with van der Waals surface area (Å²) >= 11 is 0. The van der Waals surface area contributed by atoms with E-state index in [9.17, 15) is 13.2 Å². The molecule has 2 aromatic carbocycles. The van der Waals surface area contributed by atoms with Crippen LogP contribution in [-0.4, -0.2) is 29.0 Å². The Kier molecular flexibility index (Phi) is 5.39. The van der Waals surface area contributed by atoms with Crippen molar-refractivity contribution in [2.45, 2.75) is 31.5 Å². The molecule has 134 valence electrons. The average Bonchev–Trinajstić information content (AvgIpc) is 2.54. The normalized spacial score (nSPS) is 11.9. The molecule has 0 heterocycles. The number of rotatable bonds is 6. The predicted molar refractivity (Wildman–Crippen MR) is 103 cm³/mol.